The Bertz CT molecular complexity index is 2200. The first-order valence-electron chi connectivity index (χ1n) is 17.1. The maximum absolute atomic E-state index is 14.6. The monoisotopic (exact) mass is 626 g/mol. The quantitative estimate of drug-likeness (QED) is 0.278. The van der Waals surface area contributed by atoms with Crippen LogP contribution >= 0.6 is 0 Å². The van der Waals surface area contributed by atoms with Crippen LogP contribution in [0.15, 0.2) is 42.2 Å². The molecule has 0 radical (unpaired) electrons. The van der Waals surface area contributed by atoms with Crippen molar-refractivity contribution >= 4 is 56.0 Å². The van der Waals surface area contributed by atoms with Gasteiger partial charge in [0.2, 0.25) is 5.78 Å². The molecule has 47 heavy (non-hydrogen) atoms. The van der Waals surface area contributed by atoms with E-state index in [0.717, 1.165) is 95.7 Å². The molecule has 2 fully saturated rings. The van der Waals surface area contributed by atoms with Crippen LogP contribution < -0.4 is 26.4 Å². The van der Waals surface area contributed by atoms with E-state index in [4.69, 9.17) is 14.9 Å². The maximum Gasteiger partial charge on any atom is 0.201 e. The molecule has 0 bridgehead atoms. The second-order valence-electron chi connectivity index (χ2n) is 14.6. The summed E-state index contributed by atoms with van der Waals surface area (Å²) in [6, 6.07) is 8.69. The number of aliphatic hydroxyl groups excluding tert-OH is 1. The van der Waals surface area contributed by atoms with Crippen molar-refractivity contribution < 1.29 is 19.4 Å². The molecular formula is C39H38N4O4. The highest BCUT2D eigenvalue weighted by Gasteiger charge is 2.43. The predicted molar refractivity (Wildman–Crippen MR) is 185 cm³/mol. The van der Waals surface area contributed by atoms with Crippen LogP contribution in [0.3, 0.4) is 0 Å². The highest BCUT2D eigenvalue weighted by Crippen LogP contribution is 2.51. The molecule has 1 spiro atoms. The molecule has 0 atom stereocenters. The average molecular weight is 627 g/mol. The summed E-state index contributed by atoms with van der Waals surface area (Å²) in [5.41, 5.74) is 9.90. The van der Waals surface area contributed by atoms with Gasteiger partial charge in [0.1, 0.15) is 11.4 Å². The SMILES string of the molecule is CC1(Nc2c3c4c(c/c2=C2\C(=O)C(c5cc6c7c(ccc8c7c5NC5(CCOCC5)N8)CC6)=C2O)CCC=4C=CC3=N)CCOCC1. The topological polar surface area (TPSA) is 116 Å². The largest absolute Gasteiger partial charge is 0.506 e. The fraction of sp³-hybridized carbons (Fsp3) is 0.385. The third-order valence-corrected chi connectivity index (χ3v) is 11.8. The molecule has 0 unspecified atom stereocenters. The van der Waals surface area contributed by atoms with Crippen LogP contribution in [0.1, 0.15) is 66.8 Å². The number of hydrogen-bond acceptors (Lipinski definition) is 8. The molecule has 10 rings (SSSR count). The Labute approximate surface area is 272 Å². The number of allylic oxidation sites excluding steroid dienone is 4. The Morgan fingerprint density at radius 1 is 0.851 bits per heavy atom. The van der Waals surface area contributed by atoms with Gasteiger partial charge < -0.3 is 35.9 Å². The van der Waals surface area contributed by atoms with E-state index in [9.17, 15) is 9.90 Å². The van der Waals surface area contributed by atoms with Gasteiger partial charge in [-0.15, -0.1) is 0 Å². The van der Waals surface area contributed by atoms with Crippen molar-refractivity contribution in [3.63, 3.8) is 0 Å². The summed E-state index contributed by atoms with van der Waals surface area (Å²) in [4.78, 5) is 14.6. The number of rotatable bonds is 3. The summed E-state index contributed by atoms with van der Waals surface area (Å²) in [7, 11) is 0. The molecule has 3 heterocycles. The van der Waals surface area contributed by atoms with Gasteiger partial charge in [0.15, 0.2) is 0 Å². The molecule has 3 aromatic carbocycles. The van der Waals surface area contributed by atoms with Gasteiger partial charge in [0, 0.05) is 59.0 Å². The number of benzene rings is 3. The minimum atomic E-state index is -0.374. The van der Waals surface area contributed by atoms with Crippen LogP contribution in [0.2, 0.25) is 0 Å². The normalized spacial score (nSPS) is 24.0. The molecule has 8 heteroatoms. The van der Waals surface area contributed by atoms with E-state index in [1.807, 2.05) is 6.08 Å². The summed E-state index contributed by atoms with van der Waals surface area (Å²) < 4.78 is 11.4. The maximum atomic E-state index is 14.6. The molecule has 2 saturated heterocycles. The molecule has 238 valence electrons. The lowest BCUT2D eigenvalue weighted by atomic mass is 9.78. The zero-order valence-corrected chi connectivity index (χ0v) is 26.6. The Morgan fingerprint density at radius 3 is 2.38 bits per heavy atom. The Hall–Kier alpha value is -4.40. The van der Waals surface area contributed by atoms with Gasteiger partial charge in [-0.3, -0.25) is 4.79 Å². The smallest absolute Gasteiger partial charge is 0.201 e. The summed E-state index contributed by atoms with van der Waals surface area (Å²) >= 11 is 0. The van der Waals surface area contributed by atoms with Crippen molar-refractivity contribution in [3.8, 4) is 0 Å². The Morgan fingerprint density at radius 2 is 1.60 bits per heavy atom. The van der Waals surface area contributed by atoms with Crippen LogP contribution in [-0.2, 0) is 33.5 Å². The molecule has 5 N–H and O–H groups in total. The van der Waals surface area contributed by atoms with E-state index in [1.54, 1.807) is 0 Å². The van der Waals surface area contributed by atoms with E-state index < -0.39 is 0 Å². The zero-order valence-electron chi connectivity index (χ0n) is 26.6. The lowest BCUT2D eigenvalue weighted by Gasteiger charge is -2.45. The van der Waals surface area contributed by atoms with Gasteiger partial charge in [0.05, 0.1) is 41.4 Å². The number of hydrogen-bond donors (Lipinski definition) is 5. The predicted octanol–water partition coefficient (Wildman–Crippen LogP) is 5.00. The van der Waals surface area contributed by atoms with Gasteiger partial charge in [-0.1, -0.05) is 12.1 Å². The van der Waals surface area contributed by atoms with E-state index in [2.05, 4.69) is 53.2 Å². The summed E-state index contributed by atoms with van der Waals surface area (Å²) in [5.74, 6) is -0.1000. The van der Waals surface area contributed by atoms with Crippen LogP contribution in [0.4, 0.5) is 17.1 Å². The van der Waals surface area contributed by atoms with Crippen molar-refractivity contribution in [1.82, 2.24) is 0 Å². The van der Waals surface area contributed by atoms with Crippen LogP contribution in [-0.4, -0.2) is 54.2 Å². The number of aliphatic hydroxyl groups is 1. The summed E-state index contributed by atoms with van der Waals surface area (Å²) in [6.07, 6.45) is 10.8. The van der Waals surface area contributed by atoms with Crippen molar-refractivity contribution in [2.75, 3.05) is 42.4 Å². The number of anilines is 3. The third-order valence-electron chi connectivity index (χ3n) is 11.8. The first-order valence-corrected chi connectivity index (χ1v) is 17.1. The molecule has 0 amide bonds. The van der Waals surface area contributed by atoms with E-state index in [1.165, 1.54) is 22.1 Å². The standard InChI is InChI=1S/C39H38N4O4/c1-38(10-14-46-15-11-38)42-34-24(18-22-4-2-20-6-8-26(40)32(34)28(20)22)30-36(44)31(37(30)45)25-19-23-5-3-21-7-9-27-33(29(21)23)35(25)43-39(41-27)12-16-47-17-13-39/h6-9,18-19,40-44H,2-5,10-17H2,1H3/b30-24+,40-26?. The fourth-order valence-electron chi connectivity index (χ4n) is 9.21. The molecule has 3 aromatic rings. The minimum Gasteiger partial charge on any atom is -0.506 e. The molecule has 0 aromatic heterocycles. The van der Waals surface area contributed by atoms with E-state index in [0.29, 0.717) is 48.5 Å². The second-order valence-corrected chi connectivity index (χ2v) is 14.6. The van der Waals surface area contributed by atoms with Crippen molar-refractivity contribution in [2.24, 2.45) is 0 Å². The number of ether oxygens (including phenoxy) is 2. The molecule has 0 saturated carbocycles. The van der Waals surface area contributed by atoms with Crippen LogP contribution in [0.5, 0.6) is 0 Å². The van der Waals surface area contributed by atoms with Crippen molar-refractivity contribution in [1.29, 1.82) is 5.41 Å². The first-order chi connectivity index (χ1) is 22.8. The Kier molecular flexibility index (Phi) is 5.64. The fourth-order valence-corrected chi connectivity index (χ4v) is 9.21. The summed E-state index contributed by atoms with van der Waals surface area (Å²) in [6.45, 7) is 4.82. The van der Waals surface area contributed by atoms with Crippen LogP contribution in [0.25, 0.3) is 27.5 Å². The molecule has 4 aliphatic carbocycles. The number of Topliss-reactive ketones (excluding diaryl/α,β-unsaturated/α-hetero) is 1. The van der Waals surface area contributed by atoms with Gasteiger partial charge in [-0.05, 0) is 103 Å². The molecule has 7 aliphatic rings. The van der Waals surface area contributed by atoms with Gasteiger partial charge >= 0.3 is 0 Å². The number of carbonyl (C=O) groups is 1. The highest BCUT2D eigenvalue weighted by atomic mass is 16.5. The number of aryl methyl sites for hydroxylation is 3. The highest BCUT2D eigenvalue weighted by molar-refractivity contribution is 6.52. The average Bonchev–Trinajstić information content (AvgIpc) is 3.68. The second kappa shape index (κ2) is 9.58. The van der Waals surface area contributed by atoms with Crippen LogP contribution in [0, 0.1) is 5.41 Å². The van der Waals surface area contributed by atoms with Gasteiger partial charge in [-0.25, -0.2) is 0 Å². The zero-order chi connectivity index (χ0) is 31.7. The number of carbonyl (C=O) groups excluding carboxylic acids is 1. The lowest BCUT2D eigenvalue weighted by molar-refractivity contribution is -0.109. The number of ketones is 1. The molecular weight excluding hydrogens is 588 g/mol. The van der Waals surface area contributed by atoms with Gasteiger partial charge in [-0.2, -0.15) is 0 Å². The van der Waals surface area contributed by atoms with Gasteiger partial charge in [0.25, 0.3) is 0 Å². The van der Waals surface area contributed by atoms with E-state index in [-0.39, 0.29) is 22.7 Å². The van der Waals surface area contributed by atoms with Crippen molar-refractivity contribution in [2.45, 2.75) is 69.5 Å². The van der Waals surface area contributed by atoms with E-state index >= 15 is 0 Å². The minimum absolute atomic E-state index is 0.0438. The first kappa shape index (κ1) is 27.7. The molecule has 8 nitrogen and oxygen atoms in total. The third kappa shape index (κ3) is 3.82. The number of nitrogens with one attached hydrogen (secondary N) is 4. The lowest BCUT2D eigenvalue weighted by Crippen LogP contribution is -2.52. The summed E-state index contributed by atoms with van der Waals surface area (Å²) in [5, 5.41) is 36.8. The Balaban J connectivity index is 1.21. The molecule has 3 aliphatic heterocycles. The van der Waals surface area contributed by atoms with Crippen molar-refractivity contribution in [3.05, 3.63) is 80.4 Å².